The van der Waals surface area contributed by atoms with Crippen LogP contribution in [0.25, 0.3) is 0 Å². The van der Waals surface area contributed by atoms with Gasteiger partial charge in [0.2, 0.25) is 0 Å². The fraction of sp³-hybridized carbons (Fsp3) is 1.00. The van der Waals surface area contributed by atoms with Crippen LogP contribution in [0.2, 0.25) is 0 Å². The minimum Gasteiger partial charge on any atom is -0.390 e. The van der Waals surface area contributed by atoms with E-state index in [0.717, 1.165) is 0 Å². The number of hydrogen-bond donors (Lipinski definition) is 1. The highest BCUT2D eigenvalue weighted by Gasteiger charge is 2.26. The first kappa shape index (κ1) is 7.98. The van der Waals surface area contributed by atoms with Crippen LogP contribution >= 0.6 is 0 Å². The highest BCUT2D eigenvalue weighted by atomic mass is 16.5. The molecule has 1 heterocycles. The van der Waals surface area contributed by atoms with Crippen LogP contribution in [0.3, 0.4) is 0 Å². The molecule has 1 N–H and O–H groups in total. The third-order valence-electron chi connectivity index (χ3n) is 1.92. The van der Waals surface area contributed by atoms with E-state index >= 15 is 0 Å². The van der Waals surface area contributed by atoms with Crippen molar-refractivity contribution in [2.45, 2.75) is 31.7 Å². The highest BCUT2D eigenvalue weighted by Crippen LogP contribution is 2.15. The maximum atomic E-state index is 9.27. The third-order valence-corrected chi connectivity index (χ3v) is 1.92. The van der Waals surface area contributed by atoms with Crippen molar-refractivity contribution in [1.82, 2.24) is 0 Å². The Bertz CT molecular complexity index is 105. The molecular weight excluding hydrogens is 132 g/mol. The Balaban J connectivity index is 2.33. The lowest BCUT2D eigenvalue weighted by Gasteiger charge is -2.30. The summed E-state index contributed by atoms with van der Waals surface area (Å²) in [6.07, 6.45) is 0.369. The second kappa shape index (κ2) is 3.32. The molecule has 3 atom stereocenters. The molecule has 10 heavy (non-hydrogen) atoms. The molecule has 60 valence electrons. The Morgan fingerprint density at radius 3 is 2.80 bits per heavy atom. The quantitative estimate of drug-likeness (QED) is 0.573. The lowest BCUT2D eigenvalue weighted by atomic mass is 10.1. The third kappa shape index (κ3) is 1.68. The zero-order valence-electron chi connectivity index (χ0n) is 6.41. The summed E-state index contributed by atoms with van der Waals surface area (Å²) in [4.78, 5) is 0. The summed E-state index contributed by atoms with van der Waals surface area (Å²) in [5.74, 6) is 0. The lowest BCUT2D eigenvalue weighted by molar-refractivity contribution is -0.125. The molecule has 1 aliphatic heterocycles. The summed E-state index contributed by atoms with van der Waals surface area (Å²) in [6, 6.07) is 0. The average Bonchev–Trinajstić information content (AvgIpc) is 1.95. The molecule has 3 heteroatoms. The Morgan fingerprint density at radius 1 is 1.60 bits per heavy atom. The standard InChI is InChI=1S/C7H14O3/c1-5-7(8)3-6(9-2)4-10-5/h5-8H,3-4H2,1-2H3. The van der Waals surface area contributed by atoms with Gasteiger partial charge in [-0.3, -0.25) is 0 Å². The van der Waals surface area contributed by atoms with Gasteiger partial charge in [-0.2, -0.15) is 0 Å². The van der Waals surface area contributed by atoms with Gasteiger partial charge in [-0.1, -0.05) is 0 Å². The number of ether oxygens (including phenoxy) is 2. The molecule has 0 spiro atoms. The van der Waals surface area contributed by atoms with Crippen LogP contribution in [-0.4, -0.2) is 37.1 Å². The summed E-state index contributed by atoms with van der Waals surface area (Å²) in [5, 5.41) is 9.27. The summed E-state index contributed by atoms with van der Waals surface area (Å²) in [5.41, 5.74) is 0. The summed E-state index contributed by atoms with van der Waals surface area (Å²) in [7, 11) is 1.64. The molecular formula is C7H14O3. The van der Waals surface area contributed by atoms with Gasteiger partial charge in [0.1, 0.15) is 0 Å². The zero-order chi connectivity index (χ0) is 7.56. The number of rotatable bonds is 1. The van der Waals surface area contributed by atoms with Crippen molar-refractivity contribution in [3.05, 3.63) is 0 Å². The van der Waals surface area contributed by atoms with E-state index in [9.17, 15) is 5.11 Å². The van der Waals surface area contributed by atoms with E-state index in [1.165, 1.54) is 0 Å². The monoisotopic (exact) mass is 146 g/mol. The van der Waals surface area contributed by atoms with Crippen molar-refractivity contribution in [2.75, 3.05) is 13.7 Å². The van der Waals surface area contributed by atoms with Crippen molar-refractivity contribution in [3.63, 3.8) is 0 Å². The summed E-state index contributed by atoms with van der Waals surface area (Å²) >= 11 is 0. The van der Waals surface area contributed by atoms with Gasteiger partial charge in [0.25, 0.3) is 0 Å². The molecule has 0 aromatic rings. The molecule has 1 aliphatic rings. The van der Waals surface area contributed by atoms with Crippen LogP contribution in [0.5, 0.6) is 0 Å². The molecule has 3 unspecified atom stereocenters. The lowest BCUT2D eigenvalue weighted by Crippen LogP contribution is -2.39. The molecule has 0 radical (unpaired) electrons. The van der Waals surface area contributed by atoms with E-state index in [0.29, 0.717) is 13.0 Å². The van der Waals surface area contributed by atoms with Crippen LogP contribution in [0.1, 0.15) is 13.3 Å². The van der Waals surface area contributed by atoms with E-state index in [1.54, 1.807) is 7.11 Å². The van der Waals surface area contributed by atoms with Gasteiger partial charge < -0.3 is 14.6 Å². The minimum atomic E-state index is -0.362. The maximum Gasteiger partial charge on any atom is 0.0830 e. The van der Waals surface area contributed by atoms with Crippen LogP contribution < -0.4 is 0 Å². The van der Waals surface area contributed by atoms with Crippen LogP contribution in [-0.2, 0) is 9.47 Å². The van der Waals surface area contributed by atoms with Gasteiger partial charge in [0, 0.05) is 13.5 Å². The Kier molecular flexibility index (Phi) is 2.65. The Morgan fingerprint density at radius 2 is 2.30 bits per heavy atom. The summed E-state index contributed by atoms with van der Waals surface area (Å²) in [6.45, 7) is 2.48. The SMILES string of the molecule is COC1COC(C)C(O)C1. The normalized spacial score (nSPS) is 41.7. The molecule has 0 aliphatic carbocycles. The smallest absolute Gasteiger partial charge is 0.0830 e. The van der Waals surface area contributed by atoms with E-state index in [1.807, 2.05) is 6.92 Å². The fourth-order valence-corrected chi connectivity index (χ4v) is 1.06. The molecule has 3 nitrogen and oxygen atoms in total. The number of aliphatic hydroxyl groups excluding tert-OH is 1. The zero-order valence-corrected chi connectivity index (χ0v) is 6.41. The first-order chi connectivity index (χ1) is 4.74. The van der Waals surface area contributed by atoms with Crippen molar-refractivity contribution >= 4 is 0 Å². The van der Waals surface area contributed by atoms with Gasteiger partial charge in [-0.15, -0.1) is 0 Å². The minimum absolute atomic E-state index is 0.0357. The van der Waals surface area contributed by atoms with Crippen LogP contribution in [0, 0.1) is 0 Å². The van der Waals surface area contributed by atoms with Crippen molar-refractivity contribution in [1.29, 1.82) is 0 Å². The van der Waals surface area contributed by atoms with Gasteiger partial charge in [-0.25, -0.2) is 0 Å². The molecule has 1 fully saturated rings. The van der Waals surface area contributed by atoms with E-state index in [4.69, 9.17) is 9.47 Å². The van der Waals surface area contributed by atoms with Gasteiger partial charge in [0.15, 0.2) is 0 Å². The van der Waals surface area contributed by atoms with Crippen LogP contribution in [0.4, 0.5) is 0 Å². The second-order valence-electron chi connectivity index (χ2n) is 2.70. The van der Waals surface area contributed by atoms with Crippen molar-refractivity contribution in [2.24, 2.45) is 0 Å². The first-order valence-electron chi connectivity index (χ1n) is 3.56. The number of aliphatic hydroxyl groups is 1. The van der Waals surface area contributed by atoms with E-state index in [-0.39, 0.29) is 18.3 Å². The molecule has 0 aromatic heterocycles. The molecule has 0 amide bonds. The van der Waals surface area contributed by atoms with Crippen LogP contribution in [0.15, 0.2) is 0 Å². The Labute approximate surface area is 60.9 Å². The van der Waals surface area contributed by atoms with Crippen molar-refractivity contribution in [3.8, 4) is 0 Å². The fourth-order valence-electron chi connectivity index (χ4n) is 1.06. The predicted molar refractivity (Wildman–Crippen MR) is 36.8 cm³/mol. The average molecular weight is 146 g/mol. The molecule has 0 saturated carbocycles. The second-order valence-corrected chi connectivity index (χ2v) is 2.70. The highest BCUT2D eigenvalue weighted by molar-refractivity contribution is 4.75. The molecule has 1 saturated heterocycles. The predicted octanol–water partition coefficient (Wildman–Crippen LogP) is 0.171. The number of hydrogen-bond acceptors (Lipinski definition) is 3. The van der Waals surface area contributed by atoms with Crippen molar-refractivity contribution < 1.29 is 14.6 Å². The van der Waals surface area contributed by atoms with Gasteiger partial charge >= 0.3 is 0 Å². The maximum absolute atomic E-state index is 9.27. The molecule has 0 aromatic carbocycles. The Hall–Kier alpha value is -0.120. The molecule has 0 bridgehead atoms. The van der Waals surface area contributed by atoms with E-state index < -0.39 is 0 Å². The first-order valence-corrected chi connectivity index (χ1v) is 3.56. The van der Waals surface area contributed by atoms with E-state index in [2.05, 4.69) is 0 Å². The molecule has 1 rings (SSSR count). The number of methoxy groups -OCH3 is 1. The van der Waals surface area contributed by atoms with Gasteiger partial charge in [0.05, 0.1) is 24.9 Å². The largest absolute Gasteiger partial charge is 0.390 e. The topological polar surface area (TPSA) is 38.7 Å². The summed E-state index contributed by atoms with van der Waals surface area (Å²) < 4.78 is 10.2. The van der Waals surface area contributed by atoms with Gasteiger partial charge in [-0.05, 0) is 6.92 Å².